The van der Waals surface area contributed by atoms with Gasteiger partial charge in [-0.05, 0) is 43.7 Å². The fraction of sp³-hybridized carbons (Fsp3) is 0.231. The lowest BCUT2D eigenvalue weighted by Crippen LogP contribution is -2.15. The topological polar surface area (TPSA) is 81.2 Å². The lowest BCUT2D eigenvalue weighted by atomic mass is 10.2. The number of nitrogens with zero attached hydrogens (tertiary/aromatic N) is 2. The highest BCUT2D eigenvalue weighted by atomic mass is 32.2. The lowest BCUT2D eigenvalue weighted by molar-refractivity contribution is 0.337. The summed E-state index contributed by atoms with van der Waals surface area (Å²) >= 11 is 0. The van der Waals surface area contributed by atoms with Crippen LogP contribution in [0.5, 0.6) is 5.75 Å². The fourth-order valence-corrected chi connectivity index (χ4v) is 2.68. The molecule has 6 nitrogen and oxygen atoms in total. The molecule has 0 bridgehead atoms. The first kappa shape index (κ1) is 14.3. The van der Waals surface area contributed by atoms with Crippen molar-refractivity contribution >= 4 is 16.0 Å². The molecule has 0 saturated heterocycles. The van der Waals surface area contributed by atoms with Gasteiger partial charge in [0.1, 0.15) is 5.75 Å². The van der Waals surface area contributed by atoms with Crippen LogP contribution >= 0.6 is 0 Å². The Balaban J connectivity index is 2.28. The van der Waals surface area contributed by atoms with Crippen LogP contribution in [-0.2, 0) is 10.0 Å². The van der Waals surface area contributed by atoms with Gasteiger partial charge in [-0.3, -0.25) is 0 Å². The average molecular weight is 293 g/mol. The third-order valence-electron chi connectivity index (χ3n) is 2.55. The van der Waals surface area contributed by atoms with Crippen molar-refractivity contribution in [2.75, 3.05) is 11.3 Å². The molecule has 0 aliphatic heterocycles. The van der Waals surface area contributed by atoms with Crippen LogP contribution < -0.4 is 9.46 Å². The average Bonchev–Trinajstić information content (AvgIpc) is 2.42. The van der Waals surface area contributed by atoms with Gasteiger partial charge < -0.3 is 4.74 Å². The highest BCUT2D eigenvalue weighted by Crippen LogP contribution is 2.22. The minimum atomic E-state index is -3.70. The van der Waals surface area contributed by atoms with Gasteiger partial charge in [0.05, 0.1) is 11.5 Å². The van der Waals surface area contributed by atoms with Crippen LogP contribution in [0.25, 0.3) is 0 Å². The predicted molar refractivity (Wildman–Crippen MR) is 75.2 cm³/mol. The number of aromatic nitrogens is 2. The van der Waals surface area contributed by atoms with E-state index in [-0.39, 0.29) is 10.8 Å². The third kappa shape index (κ3) is 3.24. The Morgan fingerprint density at radius 2 is 1.95 bits per heavy atom. The molecule has 0 radical (unpaired) electrons. The lowest BCUT2D eigenvalue weighted by Gasteiger charge is -2.10. The first-order chi connectivity index (χ1) is 9.53. The van der Waals surface area contributed by atoms with Crippen molar-refractivity contribution in [3.63, 3.8) is 0 Å². The maximum atomic E-state index is 12.2. The van der Waals surface area contributed by atoms with E-state index in [4.69, 9.17) is 4.74 Å². The molecule has 1 heterocycles. The number of hydrogen-bond donors (Lipinski definition) is 1. The van der Waals surface area contributed by atoms with Crippen LogP contribution in [0, 0.1) is 6.92 Å². The molecular weight excluding hydrogens is 278 g/mol. The van der Waals surface area contributed by atoms with Crippen molar-refractivity contribution in [3.8, 4) is 5.75 Å². The Labute approximate surface area is 117 Å². The maximum Gasteiger partial charge on any atom is 0.264 e. The summed E-state index contributed by atoms with van der Waals surface area (Å²) in [6.45, 7) is 4.20. The number of rotatable bonds is 5. The van der Waals surface area contributed by atoms with Crippen LogP contribution in [0.1, 0.15) is 12.5 Å². The minimum Gasteiger partial charge on any atom is -0.494 e. The van der Waals surface area contributed by atoms with E-state index in [0.717, 1.165) is 5.56 Å². The quantitative estimate of drug-likeness (QED) is 0.911. The zero-order valence-corrected chi connectivity index (χ0v) is 12.0. The van der Waals surface area contributed by atoms with Crippen LogP contribution in [0.2, 0.25) is 0 Å². The van der Waals surface area contributed by atoms with Gasteiger partial charge in [0.15, 0.2) is 0 Å². The van der Waals surface area contributed by atoms with E-state index in [1.807, 2.05) is 6.92 Å². The number of aryl methyl sites for hydroxylation is 1. The van der Waals surface area contributed by atoms with Crippen LogP contribution in [0.15, 0.2) is 41.6 Å². The molecule has 1 aromatic heterocycles. The molecule has 2 aromatic rings. The number of nitrogens with one attached hydrogen (secondary N) is 1. The second kappa shape index (κ2) is 5.87. The van der Waals surface area contributed by atoms with Gasteiger partial charge in [0, 0.05) is 12.4 Å². The zero-order chi connectivity index (χ0) is 14.6. The molecule has 0 atom stereocenters. The van der Waals surface area contributed by atoms with Crippen LogP contribution in [-0.4, -0.2) is 25.0 Å². The predicted octanol–water partition coefficient (Wildman–Crippen LogP) is 1.98. The van der Waals surface area contributed by atoms with Crippen LogP contribution in [0.4, 0.5) is 5.95 Å². The van der Waals surface area contributed by atoms with Gasteiger partial charge >= 0.3 is 0 Å². The standard InChI is InChI=1S/C13H15N3O3S/c1-3-19-12-6-5-11(9-10(12)2)20(17,18)16-13-14-7-4-8-15-13/h4-9H,3H2,1-2H3,(H,14,15,16). The van der Waals surface area contributed by atoms with Crippen LogP contribution in [0.3, 0.4) is 0 Å². The monoisotopic (exact) mass is 293 g/mol. The Hall–Kier alpha value is -2.15. The summed E-state index contributed by atoms with van der Waals surface area (Å²) in [6, 6.07) is 6.29. The highest BCUT2D eigenvalue weighted by Gasteiger charge is 2.16. The second-order valence-corrected chi connectivity index (χ2v) is 5.72. The smallest absolute Gasteiger partial charge is 0.264 e. The molecule has 7 heteroatoms. The summed E-state index contributed by atoms with van der Waals surface area (Å²) in [7, 11) is -3.70. The molecule has 0 aliphatic carbocycles. The molecule has 1 N–H and O–H groups in total. The zero-order valence-electron chi connectivity index (χ0n) is 11.2. The van der Waals surface area contributed by atoms with Gasteiger partial charge in [-0.2, -0.15) is 0 Å². The molecule has 106 valence electrons. The molecule has 0 amide bonds. The van der Waals surface area contributed by atoms with Crippen molar-refractivity contribution in [2.45, 2.75) is 18.7 Å². The van der Waals surface area contributed by atoms with E-state index in [2.05, 4.69) is 14.7 Å². The van der Waals surface area contributed by atoms with Crippen molar-refractivity contribution in [1.29, 1.82) is 0 Å². The summed E-state index contributed by atoms with van der Waals surface area (Å²) < 4.78 is 32.1. The molecular formula is C13H15N3O3S. The SMILES string of the molecule is CCOc1ccc(S(=O)(=O)Nc2ncccn2)cc1C. The largest absolute Gasteiger partial charge is 0.494 e. The number of ether oxygens (including phenoxy) is 1. The number of hydrogen-bond acceptors (Lipinski definition) is 5. The molecule has 2 rings (SSSR count). The maximum absolute atomic E-state index is 12.2. The molecule has 0 saturated carbocycles. The van der Waals surface area contributed by atoms with Crippen molar-refractivity contribution in [2.24, 2.45) is 0 Å². The third-order valence-corrected chi connectivity index (χ3v) is 3.87. The molecule has 0 spiro atoms. The second-order valence-electron chi connectivity index (χ2n) is 4.04. The number of anilines is 1. The normalized spacial score (nSPS) is 11.1. The molecule has 20 heavy (non-hydrogen) atoms. The van der Waals surface area contributed by atoms with Gasteiger partial charge in [-0.25, -0.2) is 23.1 Å². The van der Waals surface area contributed by atoms with E-state index in [9.17, 15) is 8.42 Å². The van der Waals surface area contributed by atoms with Gasteiger partial charge in [0.25, 0.3) is 10.0 Å². The Kier molecular flexibility index (Phi) is 4.19. The van der Waals surface area contributed by atoms with Crippen molar-refractivity contribution in [3.05, 3.63) is 42.2 Å². The van der Waals surface area contributed by atoms with E-state index in [0.29, 0.717) is 12.4 Å². The summed E-state index contributed by atoms with van der Waals surface area (Å²) in [4.78, 5) is 7.81. The minimum absolute atomic E-state index is 0.0408. The molecule has 0 aliphatic rings. The Morgan fingerprint density at radius 1 is 1.25 bits per heavy atom. The molecule has 0 unspecified atom stereocenters. The molecule has 1 aromatic carbocycles. The summed E-state index contributed by atoms with van der Waals surface area (Å²) in [5, 5.41) is 0. The van der Waals surface area contributed by atoms with Crippen molar-refractivity contribution < 1.29 is 13.2 Å². The first-order valence-electron chi connectivity index (χ1n) is 6.06. The van der Waals surface area contributed by atoms with Crippen molar-refractivity contribution in [1.82, 2.24) is 9.97 Å². The van der Waals surface area contributed by atoms with Gasteiger partial charge in [-0.1, -0.05) is 0 Å². The van der Waals surface area contributed by atoms with E-state index >= 15 is 0 Å². The highest BCUT2D eigenvalue weighted by molar-refractivity contribution is 7.92. The van der Waals surface area contributed by atoms with E-state index < -0.39 is 10.0 Å². The summed E-state index contributed by atoms with van der Waals surface area (Å²) in [5.74, 6) is 0.710. The van der Waals surface area contributed by atoms with Gasteiger partial charge in [0.2, 0.25) is 5.95 Å². The summed E-state index contributed by atoms with van der Waals surface area (Å²) in [6.07, 6.45) is 2.93. The first-order valence-corrected chi connectivity index (χ1v) is 7.54. The fourth-order valence-electron chi connectivity index (χ4n) is 1.64. The van der Waals surface area contributed by atoms with E-state index in [1.54, 1.807) is 25.1 Å². The molecule has 0 fully saturated rings. The van der Waals surface area contributed by atoms with E-state index in [1.165, 1.54) is 18.5 Å². The summed E-state index contributed by atoms with van der Waals surface area (Å²) in [5.41, 5.74) is 0.753. The Bertz CT molecular complexity index is 687. The number of sulfonamides is 1. The Morgan fingerprint density at radius 3 is 2.55 bits per heavy atom. The van der Waals surface area contributed by atoms with Gasteiger partial charge in [-0.15, -0.1) is 0 Å². The number of benzene rings is 1.